The van der Waals surface area contributed by atoms with Crippen LogP contribution in [0.25, 0.3) is 0 Å². The highest BCUT2D eigenvalue weighted by molar-refractivity contribution is 9.10. The SMILES string of the molecule is O=C(Nc1ccccc1Br)N1CCS[C@H]1c1ccco1. The summed E-state index contributed by atoms with van der Waals surface area (Å²) in [6.45, 7) is 0.715. The molecule has 0 saturated carbocycles. The maximum absolute atomic E-state index is 12.4. The van der Waals surface area contributed by atoms with E-state index in [1.165, 1.54) is 0 Å². The molecule has 0 bridgehead atoms. The van der Waals surface area contributed by atoms with E-state index in [-0.39, 0.29) is 11.4 Å². The molecule has 1 fully saturated rings. The summed E-state index contributed by atoms with van der Waals surface area (Å²) in [5, 5.41) is 2.88. The van der Waals surface area contributed by atoms with Gasteiger partial charge in [-0.25, -0.2) is 4.79 Å². The molecule has 20 heavy (non-hydrogen) atoms. The highest BCUT2D eigenvalue weighted by Gasteiger charge is 2.32. The fourth-order valence-corrected chi connectivity index (χ4v) is 3.68. The number of benzene rings is 1. The number of hydrogen-bond donors (Lipinski definition) is 1. The lowest BCUT2D eigenvalue weighted by Crippen LogP contribution is -2.34. The third-order valence-corrected chi connectivity index (χ3v) is 4.97. The number of urea groups is 1. The van der Waals surface area contributed by atoms with E-state index in [1.807, 2.05) is 36.4 Å². The van der Waals surface area contributed by atoms with E-state index in [2.05, 4.69) is 21.2 Å². The van der Waals surface area contributed by atoms with E-state index in [0.717, 1.165) is 21.7 Å². The van der Waals surface area contributed by atoms with Crippen LogP contribution in [0.3, 0.4) is 0 Å². The third-order valence-electron chi connectivity index (χ3n) is 3.05. The van der Waals surface area contributed by atoms with E-state index >= 15 is 0 Å². The fourth-order valence-electron chi connectivity index (χ4n) is 2.10. The van der Waals surface area contributed by atoms with Gasteiger partial charge in [0, 0.05) is 16.8 Å². The molecule has 6 heteroatoms. The Labute approximate surface area is 129 Å². The zero-order valence-electron chi connectivity index (χ0n) is 10.6. The zero-order chi connectivity index (χ0) is 13.9. The first-order valence-electron chi connectivity index (χ1n) is 6.23. The van der Waals surface area contributed by atoms with E-state index in [0.29, 0.717) is 6.54 Å². The molecule has 1 aliphatic heterocycles. The molecule has 2 aromatic rings. The monoisotopic (exact) mass is 352 g/mol. The van der Waals surface area contributed by atoms with Gasteiger partial charge in [0.1, 0.15) is 11.1 Å². The van der Waals surface area contributed by atoms with Crippen molar-refractivity contribution in [1.29, 1.82) is 0 Å². The Morgan fingerprint density at radius 2 is 2.20 bits per heavy atom. The van der Waals surface area contributed by atoms with Gasteiger partial charge >= 0.3 is 6.03 Å². The number of thioether (sulfide) groups is 1. The van der Waals surface area contributed by atoms with Gasteiger partial charge in [0.05, 0.1) is 12.0 Å². The van der Waals surface area contributed by atoms with E-state index in [4.69, 9.17) is 4.42 Å². The number of carbonyl (C=O) groups excluding carboxylic acids is 1. The van der Waals surface area contributed by atoms with Gasteiger partial charge in [-0.2, -0.15) is 0 Å². The summed E-state index contributed by atoms with van der Waals surface area (Å²) in [6, 6.07) is 11.2. The fraction of sp³-hybridized carbons (Fsp3) is 0.214. The van der Waals surface area contributed by atoms with Gasteiger partial charge < -0.3 is 14.6 Å². The number of anilines is 1. The first-order valence-corrected chi connectivity index (χ1v) is 8.07. The summed E-state index contributed by atoms with van der Waals surface area (Å²) in [5.74, 6) is 1.73. The minimum atomic E-state index is -0.108. The van der Waals surface area contributed by atoms with Crippen LogP contribution in [-0.2, 0) is 0 Å². The van der Waals surface area contributed by atoms with E-state index in [1.54, 1.807) is 22.9 Å². The average molecular weight is 353 g/mol. The third kappa shape index (κ3) is 2.71. The second kappa shape index (κ2) is 5.93. The molecule has 0 aliphatic carbocycles. The van der Waals surface area contributed by atoms with Crippen LogP contribution in [0, 0.1) is 0 Å². The Morgan fingerprint density at radius 1 is 1.35 bits per heavy atom. The highest BCUT2D eigenvalue weighted by Crippen LogP contribution is 2.38. The summed E-state index contributed by atoms with van der Waals surface area (Å²) >= 11 is 5.14. The second-order valence-electron chi connectivity index (χ2n) is 4.34. The molecule has 0 spiro atoms. The number of furan rings is 1. The van der Waals surface area contributed by atoms with Crippen LogP contribution in [0.5, 0.6) is 0 Å². The van der Waals surface area contributed by atoms with Gasteiger partial charge in [-0.3, -0.25) is 0 Å². The molecule has 104 valence electrons. The molecular formula is C14H13BrN2O2S. The van der Waals surface area contributed by atoms with Crippen LogP contribution in [0.1, 0.15) is 11.1 Å². The van der Waals surface area contributed by atoms with Gasteiger partial charge in [-0.15, -0.1) is 11.8 Å². The largest absolute Gasteiger partial charge is 0.466 e. The van der Waals surface area contributed by atoms with Crippen molar-refractivity contribution in [1.82, 2.24) is 4.90 Å². The van der Waals surface area contributed by atoms with Crippen molar-refractivity contribution in [3.8, 4) is 0 Å². The Bertz CT molecular complexity index is 603. The maximum Gasteiger partial charge on any atom is 0.323 e. The lowest BCUT2D eigenvalue weighted by molar-refractivity contribution is 0.209. The Kier molecular flexibility index (Phi) is 4.03. The number of hydrogen-bond acceptors (Lipinski definition) is 3. The molecule has 1 atom stereocenters. The van der Waals surface area contributed by atoms with Gasteiger partial charge in [0.2, 0.25) is 0 Å². The molecule has 1 saturated heterocycles. The summed E-state index contributed by atoms with van der Waals surface area (Å²) < 4.78 is 6.29. The summed E-state index contributed by atoms with van der Waals surface area (Å²) in [5.41, 5.74) is 0.771. The van der Waals surface area contributed by atoms with Crippen molar-refractivity contribution in [3.05, 3.63) is 52.9 Å². The van der Waals surface area contributed by atoms with Crippen molar-refractivity contribution in [2.75, 3.05) is 17.6 Å². The van der Waals surface area contributed by atoms with Crippen molar-refractivity contribution in [2.45, 2.75) is 5.37 Å². The predicted octanol–water partition coefficient (Wildman–Crippen LogP) is 4.32. The first-order chi connectivity index (χ1) is 9.75. The standard InChI is InChI=1S/C14H13BrN2O2S/c15-10-4-1-2-5-11(10)16-14(18)17-7-9-20-13(17)12-6-3-8-19-12/h1-6,8,13H,7,9H2,(H,16,18)/t13-/m0/s1. The van der Waals surface area contributed by atoms with Gasteiger partial charge in [-0.1, -0.05) is 12.1 Å². The Hall–Kier alpha value is -1.40. The second-order valence-corrected chi connectivity index (χ2v) is 6.38. The molecule has 1 aliphatic rings. The number of rotatable bonds is 2. The van der Waals surface area contributed by atoms with Crippen molar-refractivity contribution in [3.63, 3.8) is 0 Å². The molecule has 2 amide bonds. The van der Waals surface area contributed by atoms with Crippen LogP contribution in [-0.4, -0.2) is 23.2 Å². The van der Waals surface area contributed by atoms with Gasteiger partial charge in [0.25, 0.3) is 0 Å². The van der Waals surface area contributed by atoms with Crippen LogP contribution in [0.15, 0.2) is 51.6 Å². The number of nitrogens with zero attached hydrogens (tertiary/aromatic N) is 1. The summed E-state index contributed by atoms with van der Waals surface area (Å²) in [4.78, 5) is 14.2. The minimum absolute atomic E-state index is 0.0486. The number of carbonyl (C=O) groups is 1. The normalized spacial score (nSPS) is 18.2. The van der Waals surface area contributed by atoms with Gasteiger partial charge in [-0.05, 0) is 40.2 Å². The quantitative estimate of drug-likeness (QED) is 0.875. The van der Waals surface area contributed by atoms with Crippen LogP contribution < -0.4 is 5.32 Å². The number of nitrogens with one attached hydrogen (secondary N) is 1. The van der Waals surface area contributed by atoms with Crippen molar-refractivity contribution in [2.24, 2.45) is 0 Å². The molecule has 0 unspecified atom stereocenters. The topological polar surface area (TPSA) is 45.5 Å². The van der Waals surface area contributed by atoms with Crippen molar-refractivity contribution < 1.29 is 9.21 Å². The average Bonchev–Trinajstić information content (AvgIpc) is 3.11. The lowest BCUT2D eigenvalue weighted by atomic mass is 10.3. The molecule has 1 N–H and O–H groups in total. The van der Waals surface area contributed by atoms with Crippen LogP contribution in [0.4, 0.5) is 10.5 Å². The van der Waals surface area contributed by atoms with Gasteiger partial charge in [0.15, 0.2) is 0 Å². The minimum Gasteiger partial charge on any atom is -0.466 e. The molecule has 3 rings (SSSR count). The number of halogens is 1. The molecule has 0 radical (unpaired) electrons. The van der Waals surface area contributed by atoms with Crippen LogP contribution >= 0.6 is 27.7 Å². The summed E-state index contributed by atoms with van der Waals surface area (Å²) in [7, 11) is 0. The zero-order valence-corrected chi connectivity index (χ0v) is 13.0. The molecule has 4 nitrogen and oxygen atoms in total. The molecule has 1 aromatic carbocycles. The van der Waals surface area contributed by atoms with Crippen molar-refractivity contribution >= 4 is 39.4 Å². The van der Waals surface area contributed by atoms with Crippen LogP contribution in [0.2, 0.25) is 0 Å². The first kappa shape index (κ1) is 13.6. The predicted molar refractivity (Wildman–Crippen MR) is 83.8 cm³/mol. The number of amides is 2. The Balaban J connectivity index is 1.75. The van der Waals surface area contributed by atoms with E-state index < -0.39 is 0 Å². The number of para-hydroxylation sites is 1. The summed E-state index contributed by atoms with van der Waals surface area (Å²) in [6.07, 6.45) is 1.64. The molecule has 2 heterocycles. The highest BCUT2D eigenvalue weighted by atomic mass is 79.9. The maximum atomic E-state index is 12.4. The lowest BCUT2D eigenvalue weighted by Gasteiger charge is -2.22. The molecule has 1 aromatic heterocycles. The van der Waals surface area contributed by atoms with E-state index in [9.17, 15) is 4.79 Å². The molecular weight excluding hydrogens is 340 g/mol. The smallest absolute Gasteiger partial charge is 0.323 e. The Morgan fingerprint density at radius 3 is 2.95 bits per heavy atom.